The Morgan fingerprint density at radius 2 is 2.06 bits per heavy atom. The van der Waals surface area contributed by atoms with Crippen molar-refractivity contribution in [2.24, 2.45) is 0 Å². The van der Waals surface area contributed by atoms with E-state index in [0.29, 0.717) is 22.4 Å². The summed E-state index contributed by atoms with van der Waals surface area (Å²) < 4.78 is 9.88. The molecule has 1 aromatic carbocycles. The summed E-state index contributed by atoms with van der Waals surface area (Å²) in [5.41, 5.74) is 1.61. The molecule has 0 aliphatic heterocycles. The van der Waals surface area contributed by atoms with Gasteiger partial charge in [-0.3, -0.25) is 0 Å². The van der Waals surface area contributed by atoms with Gasteiger partial charge in [0.05, 0.1) is 12.7 Å². The molecular weight excluding hydrogens is 252 g/mol. The summed E-state index contributed by atoms with van der Waals surface area (Å²) in [4.78, 5) is 11.2. The van der Waals surface area contributed by atoms with E-state index in [1.165, 1.54) is 18.9 Å². The van der Waals surface area contributed by atoms with Crippen LogP contribution in [0.15, 0.2) is 33.9 Å². The third kappa shape index (κ3) is 3.10. The Kier molecular flexibility index (Phi) is 3.99. The maximum Gasteiger partial charge on any atom is 0.337 e. The summed E-state index contributed by atoms with van der Waals surface area (Å²) in [7, 11) is 1.37. The largest absolute Gasteiger partial charge is 0.465 e. The second-order valence-electron chi connectivity index (χ2n) is 3.56. The number of hydrogen-bond acceptors (Lipinski definition) is 6. The highest BCUT2D eigenvalue weighted by molar-refractivity contribution is 7.98. The van der Waals surface area contributed by atoms with Gasteiger partial charge in [0.1, 0.15) is 0 Å². The van der Waals surface area contributed by atoms with Crippen LogP contribution in [-0.4, -0.2) is 23.3 Å². The van der Waals surface area contributed by atoms with Crippen LogP contribution in [0.25, 0.3) is 0 Å². The van der Waals surface area contributed by atoms with Crippen molar-refractivity contribution in [3.8, 4) is 0 Å². The molecule has 5 nitrogen and oxygen atoms in total. The van der Waals surface area contributed by atoms with Gasteiger partial charge in [0, 0.05) is 12.7 Å². The van der Waals surface area contributed by atoms with Crippen molar-refractivity contribution in [3.63, 3.8) is 0 Å². The number of carbonyl (C=O) groups excluding carboxylic acids is 1. The van der Waals surface area contributed by atoms with Gasteiger partial charge in [-0.25, -0.2) is 4.79 Å². The maximum atomic E-state index is 11.2. The maximum absolute atomic E-state index is 11.2. The van der Waals surface area contributed by atoms with Crippen LogP contribution in [-0.2, 0) is 10.5 Å². The number of thioether (sulfide) groups is 1. The topological polar surface area (TPSA) is 65.2 Å². The molecule has 0 atom stereocenters. The van der Waals surface area contributed by atoms with Crippen LogP contribution in [0.4, 0.5) is 0 Å². The summed E-state index contributed by atoms with van der Waals surface area (Å²) in [6.45, 7) is 1.75. The number of rotatable bonds is 4. The molecule has 0 saturated carbocycles. The minimum Gasteiger partial charge on any atom is -0.465 e. The molecule has 94 valence electrons. The highest BCUT2D eigenvalue weighted by Crippen LogP contribution is 2.21. The van der Waals surface area contributed by atoms with Gasteiger partial charge in [-0.1, -0.05) is 23.9 Å². The van der Waals surface area contributed by atoms with Gasteiger partial charge >= 0.3 is 5.97 Å². The van der Waals surface area contributed by atoms with Crippen molar-refractivity contribution in [2.45, 2.75) is 17.9 Å². The Hall–Kier alpha value is -1.82. The fourth-order valence-corrected chi connectivity index (χ4v) is 2.10. The van der Waals surface area contributed by atoms with Gasteiger partial charge in [-0.2, -0.15) is 0 Å². The molecule has 0 unspecified atom stereocenters. The fraction of sp³-hybridized carbons (Fsp3) is 0.250. The van der Waals surface area contributed by atoms with E-state index < -0.39 is 0 Å². The Morgan fingerprint density at radius 3 is 2.61 bits per heavy atom. The minimum atomic E-state index is -0.332. The lowest BCUT2D eigenvalue weighted by molar-refractivity contribution is 0.0600. The van der Waals surface area contributed by atoms with Crippen LogP contribution >= 0.6 is 11.8 Å². The highest BCUT2D eigenvalue weighted by Gasteiger charge is 2.06. The van der Waals surface area contributed by atoms with E-state index in [1.807, 2.05) is 12.1 Å². The third-order valence-electron chi connectivity index (χ3n) is 2.24. The molecule has 0 aliphatic carbocycles. The van der Waals surface area contributed by atoms with Gasteiger partial charge < -0.3 is 9.15 Å². The molecule has 0 saturated heterocycles. The first-order valence-corrected chi connectivity index (χ1v) is 6.28. The zero-order valence-electron chi connectivity index (χ0n) is 10.0. The lowest BCUT2D eigenvalue weighted by Crippen LogP contribution is -2.00. The van der Waals surface area contributed by atoms with Crippen molar-refractivity contribution in [2.75, 3.05) is 7.11 Å². The predicted octanol–water partition coefficient (Wildman–Crippen LogP) is 2.46. The van der Waals surface area contributed by atoms with E-state index in [9.17, 15) is 4.79 Å². The Balaban J connectivity index is 1.96. The SMILES string of the molecule is COC(=O)c1ccc(CSc2nnc(C)o2)cc1. The quantitative estimate of drug-likeness (QED) is 0.624. The molecule has 0 spiro atoms. The average molecular weight is 264 g/mol. The summed E-state index contributed by atoms with van der Waals surface area (Å²) >= 11 is 1.46. The van der Waals surface area contributed by atoms with Crippen LogP contribution in [0, 0.1) is 6.92 Å². The zero-order valence-corrected chi connectivity index (χ0v) is 10.9. The molecule has 0 aliphatic rings. The molecular formula is C12H12N2O3S. The zero-order chi connectivity index (χ0) is 13.0. The first-order valence-electron chi connectivity index (χ1n) is 5.29. The van der Waals surface area contributed by atoms with E-state index in [2.05, 4.69) is 14.9 Å². The Labute approximate surface area is 109 Å². The van der Waals surface area contributed by atoms with E-state index in [-0.39, 0.29) is 5.97 Å². The molecule has 1 aromatic heterocycles. The lowest BCUT2D eigenvalue weighted by Gasteiger charge is -2.01. The van der Waals surface area contributed by atoms with Crippen molar-refractivity contribution < 1.29 is 13.9 Å². The summed E-state index contributed by atoms with van der Waals surface area (Å²) in [6.07, 6.45) is 0. The molecule has 1 heterocycles. The van der Waals surface area contributed by atoms with Crippen molar-refractivity contribution >= 4 is 17.7 Å². The molecule has 0 N–H and O–H groups in total. The normalized spacial score (nSPS) is 10.3. The first-order chi connectivity index (χ1) is 8.69. The lowest BCUT2D eigenvalue weighted by atomic mass is 10.1. The Bertz CT molecular complexity index is 537. The van der Waals surface area contributed by atoms with Crippen molar-refractivity contribution in [1.82, 2.24) is 10.2 Å². The number of ether oxygens (including phenoxy) is 1. The second kappa shape index (κ2) is 5.68. The van der Waals surface area contributed by atoms with Crippen LogP contribution in [0.2, 0.25) is 0 Å². The van der Waals surface area contributed by atoms with Crippen LogP contribution < -0.4 is 0 Å². The number of aryl methyl sites for hydroxylation is 1. The predicted molar refractivity (Wildman–Crippen MR) is 66.4 cm³/mol. The summed E-state index contributed by atoms with van der Waals surface area (Å²) in [5, 5.41) is 8.19. The fourth-order valence-electron chi connectivity index (χ4n) is 1.34. The number of aromatic nitrogens is 2. The highest BCUT2D eigenvalue weighted by atomic mass is 32.2. The van der Waals surface area contributed by atoms with Crippen molar-refractivity contribution in [3.05, 3.63) is 41.3 Å². The van der Waals surface area contributed by atoms with E-state index in [0.717, 1.165) is 5.56 Å². The number of methoxy groups -OCH3 is 1. The Morgan fingerprint density at radius 1 is 1.33 bits per heavy atom. The number of hydrogen-bond donors (Lipinski definition) is 0. The van der Waals surface area contributed by atoms with Gasteiger partial charge in [-0.05, 0) is 17.7 Å². The average Bonchev–Trinajstić information content (AvgIpc) is 2.82. The summed E-state index contributed by atoms with van der Waals surface area (Å²) in [5.74, 6) is 0.934. The molecule has 2 aromatic rings. The van der Waals surface area contributed by atoms with Gasteiger partial charge in [0.25, 0.3) is 5.22 Å². The monoisotopic (exact) mass is 264 g/mol. The van der Waals surface area contributed by atoms with Crippen molar-refractivity contribution in [1.29, 1.82) is 0 Å². The molecule has 0 amide bonds. The molecule has 2 rings (SSSR count). The second-order valence-corrected chi connectivity index (χ2v) is 4.49. The number of esters is 1. The molecule has 6 heteroatoms. The molecule has 0 fully saturated rings. The van der Waals surface area contributed by atoms with E-state index in [1.54, 1.807) is 19.1 Å². The molecule has 0 radical (unpaired) electrons. The van der Waals surface area contributed by atoms with E-state index in [4.69, 9.17) is 4.42 Å². The molecule has 0 bridgehead atoms. The first kappa shape index (κ1) is 12.6. The summed E-state index contributed by atoms with van der Waals surface area (Å²) in [6, 6.07) is 7.23. The smallest absolute Gasteiger partial charge is 0.337 e. The van der Waals surface area contributed by atoms with E-state index >= 15 is 0 Å². The van der Waals surface area contributed by atoms with Gasteiger partial charge in [0.15, 0.2) is 0 Å². The minimum absolute atomic E-state index is 0.332. The van der Waals surface area contributed by atoms with Crippen LogP contribution in [0.3, 0.4) is 0 Å². The third-order valence-corrected chi connectivity index (χ3v) is 3.13. The number of carbonyl (C=O) groups is 1. The number of nitrogens with zero attached hydrogens (tertiary/aromatic N) is 2. The van der Waals surface area contributed by atoms with Gasteiger partial charge in [-0.15, -0.1) is 10.2 Å². The van der Waals surface area contributed by atoms with Crippen LogP contribution in [0.1, 0.15) is 21.8 Å². The van der Waals surface area contributed by atoms with Crippen LogP contribution in [0.5, 0.6) is 0 Å². The standard InChI is InChI=1S/C12H12N2O3S/c1-8-13-14-12(17-8)18-7-9-3-5-10(6-4-9)11(15)16-2/h3-6H,7H2,1-2H3. The van der Waals surface area contributed by atoms with Gasteiger partial charge in [0.2, 0.25) is 5.89 Å². The number of benzene rings is 1. The molecule has 18 heavy (non-hydrogen) atoms.